The summed E-state index contributed by atoms with van der Waals surface area (Å²) in [6.07, 6.45) is 0.951. The molecular formula is C14H17NO3S. The van der Waals surface area contributed by atoms with Gasteiger partial charge in [-0.05, 0) is 18.9 Å². The van der Waals surface area contributed by atoms with Gasteiger partial charge in [-0.1, -0.05) is 42.5 Å². The average molecular weight is 279 g/mol. The van der Waals surface area contributed by atoms with Crippen molar-refractivity contribution < 1.29 is 14.7 Å². The summed E-state index contributed by atoms with van der Waals surface area (Å²) >= 11 is 5.18. The Morgan fingerprint density at radius 3 is 2.47 bits per heavy atom. The van der Waals surface area contributed by atoms with Gasteiger partial charge >= 0.3 is 5.97 Å². The van der Waals surface area contributed by atoms with Gasteiger partial charge in [-0.2, -0.15) is 0 Å². The Kier molecular flexibility index (Phi) is 6.15. The zero-order valence-corrected chi connectivity index (χ0v) is 11.6. The average Bonchev–Trinajstić information content (AvgIpc) is 2.36. The zero-order valence-electron chi connectivity index (χ0n) is 10.8. The summed E-state index contributed by atoms with van der Waals surface area (Å²) in [5.41, 5.74) is 1.08. The Bertz CT molecular complexity index is 459. The minimum atomic E-state index is -0.969. The predicted octanol–water partition coefficient (Wildman–Crippen LogP) is 1.83. The normalized spacial score (nSPS) is 11.6. The molecule has 1 aromatic rings. The molecule has 0 aliphatic rings. The largest absolute Gasteiger partial charge is 0.480 e. The number of Topliss-reactive ketones (excluding diaryl/α,β-unsaturated/α-hetero) is 1. The second-order valence-corrected chi connectivity index (χ2v) is 4.84. The molecule has 0 amide bonds. The van der Waals surface area contributed by atoms with Crippen LogP contribution in [0.15, 0.2) is 30.3 Å². The van der Waals surface area contributed by atoms with Crippen molar-refractivity contribution in [2.75, 3.05) is 6.54 Å². The van der Waals surface area contributed by atoms with Crippen LogP contribution in [0.2, 0.25) is 0 Å². The van der Waals surface area contributed by atoms with Crippen LogP contribution >= 0.6 is 12.2 Å². The number of hydrogen-bond donors (Lipinski definition) is 2. The van der Waals surface area contributed by atoms with Crippen LogP contribution in [0.1, 0.15) is 18.9 Å². The van der Waals surface area contributed by atoms with Gasteiger partial charge in [0.15, 0.2) is 0 Å². The van der Waals surface area contributed by atoms with Gasteiger partial charge in [0.05, 0.1) is 4.99 Å². The second kappa shape index (κ2) is 7.63. The fourth-order valence-electron chi connectivity index (χ4n) is 1.81. The third-order valence-corrected chi connectivity index (χ3v) is 3.12. The van der Waals surface area contributed by atoms with Gasteiger partial charge < -0.3 is 15.2 Å². The van der Waals surface area contributed by atoms with Crippen LogP contribution in [-0.2, 0) is 16.0 Å². The summed E-state index contributed by atoms with van der Waals surface area (Å²) in [5.74, 6) is -1.08. The van der Waals surface area contributed by atoms with E-state index in [2.05, 4.69) is 5.32 Å². The molecular weight excluding hydrogens is 262 g/mol. The molecule has 0 bridgehead atoms. The minimum absolute atomic E-state index is 0.0420. The first kappa shape index (κ1) is 15.3. The van der Waals surface area contributed by atoms with Crippen LogP contribution < -0.4 is 5.32 Å². The van der Waals surface area contributed by atoms with Crippen LogP contribution in [0, 0.1) is 5.92 Å². The van der Waals surface area contributed by atoms with Crippen molar-refractivity contribution >= 4 is 29.0 Å². The highest BCUT2D eigenvalue weighted by molar-refractivity contribution is 7.80. The smallest absolute Gasteiger partial charge is 0.322 e. The van der Waals surface area contributed by atoms with E-state index in [1.54, 1.807) is 0 Å². The third-order valence-electron chi connectivity index (χ3n) is 2.64. The Hall–Kier alpha value is -1.75. The van der Waals surface area contributed by atoms with Crippen LogP contribution in [0.3, 0.4) is 0 Å². The first-order chi connectivity index (χ1) is 8.99. The van der Waals surface area contributed by atoms with Crippen molar-refractivity contribution in [3.8, 4) is 0 Å². The lowest BCUT2D eigenvalue weighted by atomic mass is 9.94. The van der Waals surface area contributed by atoms with E-state index in [1.165, 1.54) is 6.92 Å². The highest BCUT2D eigenvalue weighted by Gasteiger charge is 2.17. The molecule has 0 radical (unpaired) electrons. The first-order valence-electron chi connectivity index (χ1n) is 6.02. The number of benzene rings is 1. The molecule has 19 heavy (non-hydrogen) atoms. The molecule has 2 N–H and O–H groups in total. The van der Waals surface area contributed by atoms with Crippen molar-refractivity contribution in [3.05, 3.63) is 35.9 Å². The lowest BCUT2D eigenvalue weighted by Crippen LogP contribution is -2.35. The molecule has 1 atom stereocenters. The topological polar surface area (TPSA) is 66.4 Å². The predicted molar refractivity (Wildman–Crippen MR) is 77.2 cm³/mol. The van der Waals surface area contributed by atoms with Crippen LogP contribution in [0.25, 0.3) is 0 Å². The summed E-state index contributed by atoms with van der Waals surface area (Å²) in [7, 11) is 0. The number of rotatable bonds is 7. The van der Waals surface area contributed by atoms with Gasteiger partial charge in [-0.15, -0.1) is 0 Å². The zero-order chi connectivity index (χ0) is 14.3. The van der Waals surface area contributed by atoms with Gasteiger partial charge in [-0.3, -0.25) is 4.79 Å². The maximum Gasteiger partial charge on any atom is 0.322 e. The summed E-state index contributed by atoms with van der Waals surface area (Å²) in [6.45, 7) is 1.29. The summed E-state index contributed by atoms with van der Waals surface area (Å²) in [5, 5.41) is 11.3. The first-order valence-corrected chi connectivity index (χ1v) is 6.42. The second-order valence-electron chi connectivity index (χ2n) is 4.40. The van der Waals surface area contributed by atoms with E-state index in [0.717, 1.165) is 5.56 Å². The Morgan fingerprint density at radius 2 is 1.95 bits per heavy atom. The Morgan fingerprint density at radius 1 is 1.32 bits per heavy atom. The molecule has 1 aromatic carbocycles. The third kappa shape index (κ3) is 6.10. The van der Waals surface area contributed by atoms with E-state index in [-0.39, 0.29) is 18.2 Å². The molecule has 0 heterocycles. The van der Waals surface area contributed by atoms with E-state index >= 15 is 0 Å². The van der Waals surface area contributed by atoms with Gasteiger partial charge in [0.25, 0.3) is 0 Å². The summed E-state index contributed by atoms with van der Waals surface area (Å²) < 4.78 is 0. The maximum absolute atomic E-state index is 11.3. The van der Waals surface area contributed by atoms with E-state index < -0.39 is 5.97 Å². The van der Waals surface area contributed by atoms with Gasteiger partial charge in [0.1, 0.15) is 12.3 Å². The minimum Gasteiger partial charge on any atom is -0.480 e. The Labute approximate surface area is 117 Å². The number of nitrogens with one attached hydrogen (secondary N) is 1. The van der Waals surface area contributed by atoms with Gasteiger partial charge in [0, 0.05) is 12.3 Å². The number of ketones is 1. The van der Waals surface area contributed by atoms with Crippen LogP contribution in [0.4, 0.5) is 0 Å². The molecule has 0 saturated heterocycles. The summed E-state index contributed by atoms with van der Waals surface area (Å²) in [6, 6.07) is 9.70. The van der Waals surface area contributed by atoms with Gasteiger partial charge in [-0.25, -0.2) is 0 Å². The molecule has 5 heteroatoms. The highest BCUT2D eigenvalue weighted by atomic mass is 32.1. The molecule has 1 rings (SSSR count). The molecule has 0 aliphatic heterocycles. The van der Waals surface area contributed by atoms with E-state index in [1.807, 2.05) is 30.3 Å². The highest BCUT2D eigenvalue weighted by Crippen LogP contribution is 2.14. The molecule has 0 spiro atoms. The number of carboxylic acid groups (broad SMARTS) is 1. The lowest BCUT2D eigenvalue weighted by Gasteiger charge is -2.17. The number of carboxylic acids is 1. The SMILES string of the molecule is CC(=O)CC(Cc1ccccc1)C(=S)NCC(=O)O. The molecule has 0 fully saturated rings. The van der Waals surface area contributed by atoms with Crippen molar-refractivity contribution in [1.29, 1.82) is 0 Å². The number of carbonyl (C=O) groups excluding carboxylic acids is 1. The fraction of sp³-hybridized carbons (Fsp3) is 0.357. The van der Waals surface area contributed by atoms with Crippen molar-refractivity contribution in [1.82, 2.24) is 5.32 Å². The molecule has 0 aromatic heterocycles. The molecule has 0 aliphatic carbocycles. The maximum atomic E-state index is 11.3. The number of hydrogen-bond acceptors (Lipinski definition) is 3. The van der Waals surface area contributed by atoms with Crippen molar-refractivity contribution in [3.63, 3.8) is 0 Å². The monoisotopic (exact) mass is 279 g/mol. The van der Waals surface area contributed by atoms with E-state index in [9.17, 15) is 9.59 Å². The van der Waals surface area contributed by atoms with Crippen molar-refractivity contribution in [2.45, 2.75) is 19.8 Å². The van der Waals surface area contributed by atoms with Crippen LogP contribution in [-0.4, -0.2) is 28.4 Å². The van der Waals surface area contributed by atoms with Crippen molar-refractivity contribution in [2.24, 2.45) is 5.92 Å². The standard InChI is InChI=1S/C14H17NO3S/c1-10(16)7-12(14(19)15-9-13(17)18)8-11-5-3-2-4-6-11/h2-6,12H,7-9H2,1H3,(H,15,19)(H,17,18). The quantitative estimate of drug-likeness (QED) is 0.745. The van der Waals surface area contributed by atoms with E-state index in [4.69, 9.17) is 17.3 Å². The van der Waals surface area contributed by atoms with Crippen LogP contribution in [0.5, 0.6) is 0 Å². The molecule has 4 nitrogen and oxygen atoms in total. The molecule has 102 valence electrons. The summed E-state index contributed by atoms with van der Waals surface area (Å²) in [4.78, 5) is 22.2. The van der Waals surface area contributed by atoms with E-state index in [0.29, 0.717) is 17.8 Å². The number of carbonyl (C=O) groups is 2. The number of aliphatic carboxylic acids is 1. The Balaban J connectivity index is 2.68. The lowest BCUT2D eigenvalue weighted by molar-refractivity contribution is -0.135. The molecule has 0 saturated carbocycles. The molecule has 1 unspecified atom stereocenters. The van der Waals surface area contributed by atoms with Gasteiger partial charge in [0.2, 0.25) is 0 Å². The fourth-order valence-corrected chi connectivity index (χ4v) is 2.05. The number of thiocarbonyl (C=S) groups is 1.